The average molecular weight is 1870 g/mol. The molecular weight excluding hydrogens is 1800 g/mol. The predicted molar refractivity (Wildman–Crippen MR) is 462 cm³/mol. The Morgan fingerprint density at radius 1 is 0.368 bits per heavy atom. The van der Waals surface area contributed by atoms with Crippen molar-refractivity contribution in [3.63, 3.8) is 0 Å². The van der Waals surface area contributed by atoms with E-state index in [-0.39, 0.29) is 70.1 Å². The Kier molecular flexibility index (Phi) is 15.9. The molecule has 0 saturated heterocycles. The summed E-state index contributed by atoms with van der Waals surface area (Å²) >= 11 is 0. The van der Waals surface area contributed by atoms with Crippen molar-refractivity contribution < 1.29 is 78.6 Å². The molecule has 0 aliphatic rings. The number of fused-ring (bicyclic) bond motifs is 10. The molecule has 22 rings (SSSR count). The van der Waals surface area contributed by atoms with E-state index in [0.717, 1.165) is 110 Å². The molecule has 22 aromatic rings. The van der Waals surface area contributed by atoms with Crippen LogP contribution in [0.25, 0.3) is 172 Å². The van der Waals surface area contributed by atoms with Crippen molar-refractivity contribution in [2.24, 2.45) is 6.98 Å². The van der Waals surface area contributed by atoms with Crippen molar-refractivity contribution in [1.29, 1.82) is 0 Å². The smallest absolute Gasteiger partial charge is 0.268 e. The Morgan fingerprint density at radius 3 is 1.39 bits per heavy atom. The first-order valence-electron chi connectivity index (χ1n) is 43.8. The summed E-state index contributed by atoms with van der Waals surface area (Å²) in [6.07, 6.45) is 10.3. The Morgan fingerprint density at radius 2 is 0.812 bits per heavy atom. The zero-order valence-electron chi connectivity index (χ0n) is 74.6. The molecule has 10 nitrogen and oxygen atoms in total. The van der Waals surface area contributed by atoms with E-state index in [2.05, 4.69) is 178 Å². The number of benzene rings is 16. The van der Waals surface area contributed by atoms with Gasteiger partial charge in [0.2, 0.25) is 6.33 Å². The Labute approximate surface area is 722 Å². The first-order chi connectivity index (χ1) is 62.3. The number of hydrogen-bond donors (Lipinski definition) is 0. The van der Waals surface area contributed by atoms with Crippen molar-refractivity contribution in [3.8, 4) is 107 Å². The second kappa shape index (κ2) is 31.3. The zero-order chi connectivity index (χ0) is 87.5. The molecular formula is C105H66N8O2Pt2-4. The van der Waals surface area contributed by atoms with Crippen LogP contribution < -0.4 is 18.6 Å². The molecule has 12 heteroatoms. The van der Waals surface area contributed by atoms with Crippen LogP contribution in [0.5, 0.6) is 23.0 Å². The van der Waals surface area contributed by atoms with Crippen LogP contribution in [-0.4, -0.2) is 28.2 Å². The van der Waals surface area contributed by atoms with E-state index in [4.69, 9.17) is 32.3 Å². The third kappa shape index (κ3) is 13.3. The molecule has 0 spiro atoms. The van der Waals surface area contributed by atoms with E-state index >= 15 is 0 Å². The van der Waals surface area contributed by atoms with Crippen LogP contribution in [0.15, 0.2) is 382 Å². The van der Waals surface area contributed by atoms with Crippen LogP contribution in [0, 0.1) is 36.9 Å². The van der Waals surface area contributed by atoms with Gasteiger partial charge in [-0.2, -0.15) is 24.3 Å². The second-order valence-corrected chi connectivity index (χ2v) is 27.5. The topological polar surface area (TPSA) is 71.7 Å². The maximum atomic E-state index is 9.04. The van der Waals surface area contributed by atoms with Gasteiger partial charge in [0.25, 0.3) is 6.33 Å². The summed E-state index contributed by atoms with van der Waals surface area (Å²) in [4.78, 5) is 9.33. The Bertz CT molecular complexity index is 7950. The van der Waals surface area contributed by atoms with Crippen LogP contribution in [-0.2, 0) is 49.1 Å². The van der Waals surface area contributed by atoms with E-state index < -0.39 is 67.4 Å². The van der Waals surface area contributed by atoms with Crippen molar-refractivity contribution in [3.05, 3.63) is 419 Å². The SMILES string of the molecule is [2H]C([2H])([2H])[n+]1[c-]n(-c2[c-]c(Oc3[c-]c(-c4nccc5ccccc45)ccc3)ccc2)c2cccc(-c3c(-n4c5ccccc5c5ccccc54)cccc3-n3c4ccccc4c4ccccc43)c21.[2H]c1c([2H])c([2H])c(-c2cccc(-c3c([2H])c([2H])c([2H])c([2H])c3[2H])c2-[n+]2[c-]n(-c3[c-]c(Oc4[c-]c(-c5cc6ccccc6cn5)ccc4)ccc3)c3ccccc32)c([2H])c1[2H].[Pt].[Pt]. The molecule has 0 aliphatic carbocycles. The standard InChI is InChI=1S/C59H37N5O.C46H29N3O.2Pt/c1-61-38-62(41-18-13-20-43(37-41)65-42-19-12-17-40(36-42)58-44-21-3-2-16-39(44)34-35-60-58)56-33-14-26-49(59(56)61)57-54(63-50-27-8-4-22-45(50)46-23-5-9-28-51(46)63)31-15-32-55(57)64-52-29-10-6-24-47(52)48-25-7-11-30-53(48)64;1-3-14-33(15-4-1)41-24-13-25-42(34-16-5-2-6-17-34)46(41)49-32-48(44-26-9-10-27-45(44)49)38-21-12-23-40(30-38)50-39-22-11-20-36(28-39)43-29-35-18-7-8-19-37(35)31-47-43;;/h2-35H,1H3;1-27,29,31H;;/q2*-2;;/i1D3;1D,2D,3D,4D,5D,6D,14D,15D,16D,17D;;. The summed E-state index contributed by atoms with van der Waals surface area (Å²) in [6.45, 7) is -2.62. The largest absolute Gasteiger partial charge is 0.504 e. The van der Waals surface area contributed by atoms with E-state index in [1.165, 1.54) is 4.57 Å². The minimum absolute atomic E-state index is 0. The molecule has 0 atom stereocenters. The van der Waals surface area contributed by atoms with Gasteiger partial charge in [-0.15, -0.1) is 71.8 Å². The summed E-state index contributed by atoms with van der Waals surface area (Å²) in [5.74, 6) is 1.72. The number of pyridine rings is 2. The normalized spacial score (nSPS) is 13.0. The van der Waals surface area contributed by atoms with Gasteiger partial charge in [0, 0.05) is 105 Å². The number of aromatic nitrogens is 8. The number of ether oxygens (including phenoxy) is 2. The molecule has 0 saturated carbocycles. The van der Waals surface area contributed by atoms with Gasteiger partial charge in [0.1, 0.15) is 0 Å². The van der Waals surface area contributed by atoms with E-state index in [9.17, 15) is 0 Å². The minimum atomic E-state index is -2.62. The van der Waals surface area contributed by atoms with Crippen molar-refractivity contribution in [2.45, 2.75) is 0 Å². The van der Waals surface area contributed by atoms with Gasteiger partial charge in [0.05, 0.1) is 86.0 Å². The molecule has 6 aromatic heterocycles. The number of nitrogens with zero attached hydrogens (tertiary/aromatic N) is 8. The number of hydrogen-bond acceptors (Lipinski definition) is 4. The molecule has 0 unspecified atom stereocenters. The third-order valence-corrected chi connectivity index (χ3v) is 20.8. The van der Waals surface area contributed by atoms with E-state index in [1.54, 1.807) is 74.5 Å². The van der Waals surface area contributed by atoms with E-state index in [0.29, 0.717) is 56.4 Å². The van der Waals surface area contributed by atoms with Crippen molar-refractivity contribution >= 4 is 87.2 Å². The monoisotopic (exact) mass is 1870 g/mol. The van der Waals surface area contributed by atoms with Crippen LogP contribution >= 0.6 is 0 Å². The number of para-hydroxylation sites is 8. The van der Waals surface area contributed by atoms with Crippen molar-refractivity contribution in [1.82, 2.24) is 28.2 Å². The molecule has 6 heterocycles. The molecule has 0 amide bonds. The maximum Gasteiger partial charge on any atom is 0.268 e. The summed E-state index contributed by atoms with van der Waals surface area (Å²) in [5, 5.41) is 8.68. The number of aryl methyl sites for hydroxylation is 1. The predicted octanol–water partition coefficient (Wildman–Crippen LogP) is 24.4. The maximum absolute atomic E-state index is 9.04. The summed E-state index contributed by atoms with van der Waals surface area (Å²) in [6, 6.07) is 109. The van der Waals surface area contributed by atoms with Gasteiger partial charge in [-0.05, 0) is 109 Å². The van der Waals surface area contributed by atoms with Crippen LogP contribution in [0.3, 0.4) is 0 Å². The molecule has 0 fully saturated rings. The van der Waals surface area contributed by atoms with E-state index in [1.807, 2.05) is 134 Å². The molecule has 0 aliphatic heterocycles. The van der Waals surface area contributed by atoms with Crippen LogP contribution in [0.1, 0.15) is 17.8 Å². The van der Waals surface area contributed by atoms with Gasteiger partial charge >= 0.3 is 0 Å². The van der Waals surface area contributed by atoms with Crippen molar-refractivity contribution in [2.75, 3.05) is 0 Å². The van der Waals surface area contributed by atoms with Gasteiger partial charge in [-0.1, -0.05) is 272 Å². The second-order valence-electron chi connectivity index (χ2n) is 27.5. The fraction of sp³-hybridized carbons (Fsp3) is 0.00952. The first-order valence-corrected chi connectivity index (χ1v) is 37.3. The summed E-state index contributed by atoms with van der Waals surface area (Å²) < 4.78 is 137. The molecule has 562 valence electrons. The van der Waals surface area contributed by atoms with Crippen LogP contribution in [0.4, 0.5) is 0 Å². The summed E-state index contributed by atoms with van der Waals surface area (Å²) in [7, 11) is 0. The number of rotatable bonds is 14. The van der Waals surface area contributed by atoms with Gasteiger partial charge in [0.15, 0.2) is 0 Å². The average Bonchev–Trinajstić information content (AvgIpc) is 1.55. The molecule has 16 aromatic carbocycles. The molecule has 117 heavy (non-hydrogen) atoms. The fourth-order valence-electron chi connectivity index (χ4n) is 15.8. The zero-order valence-corrected chi connectivity index (χ0v) is 66.2. The summed E-state index contributed by atoms with van der Waals surface area (Å²) in [5.41, 5.74) is 14.2. The van der Waals surface area contributed by atoms with Gasteiger partial charge in [-0.25, -0.2) is 0 Å². The quantitative estimate of drug-likeness (QED) is 0.0803. The van der Waals surface area contributed by atoms with Gasteiger partial charge < -0.3 is 42.3 Å². The minimum Gasteiger partial charge on any atom is -0.504 e. The van der Waals surface area contributed by atoms with Crippen LogP contribution in [0.2, 0.25) is 0 Å². The Balaban J connectivity index is 0.000000167. The number of imidazole rings is 2. The first kappa shape index (κ1) is 59.6. The fourth-order valence-corrected chi connectivity index (χ4v) is 15.8. The Hall–Kier alpha value is -14.1. The van der Waals surface area contributed by atoms with Gasteiger partial charge in [-0.3, -0.25) is 4.57 Å². The third-order valence-electron chi connectivity index (χ3n) is 20.8. The molecule has 0 bridgehead atoms. The molecule has 0 radical (unpaired) electrons. The molecule has 0 N–H and O–H groups in total.